The van der Waals surface area contributed by atoms with E-state index in [1.807, 2.05) is 216 Å². The molecular weight excluding hydrogens is 1650 g/mol. The fraction of sp³-hybridized carbons (Fsp3) is 0.369. The third-order valence-corrected chi connectivity index (χ3v) is 13.2. The fourth-order valence-corrected chi connectivity index (χ4v) is 8.86. The van der Waals surface area contributed by atoms with Crippen molar-refractivity contribution in [3.05, 3.63) is 252 Å². The summed E-state index contributed by atoms with van der Waals surface area (Å²) < 4.78 is 225. The Morgan fingerprint density at radius 2 is 0.664 bits per heavy atom. The van der Waals surface area contributed by atoms with Gasteiger partial charge in [0.05, 0.1) is 42.7 Å². The molecule has 0 radical (unpaired) electrons. The predicted molar refractivity (Wildman–Crippen MR) is 432 cm³/mol. The van der Waals surface area contributed by atoms with Crippen LogP contribution in [0.25, 0.3) is 0 Å². The first-order valence-electron chi connectivity index (χ1n) is 34.7. The van der Waals surface area contributed by atoms with Gasteiger partial charge in [0.2, 0.25) is 0 Å². The lowest BCUT2D eigenvalue weighted by Crippen LogP contribution is -2.15. The van der Waals surface area contributed by atoms with Crippen LogP contribution in [0.15, 0.2) is 228 Å². The molecule has 8 aromatic carbocycles. The highest BCUT2D eigenvalue weighted by molar-refractivity contribution is 7.98. The first-order valence-corrected chi connectivity index (χ1v) is 36.7. The van der Waals surface area contributed by atoms with E-state index < -0.39 is 67.3 Å². The molecule has 2 atom stereocenters. The summed E-state index contributed by atoms with van der Waals surface area (Å²) >= 11 is 3.33. The van der Waals surface area contributed by atoms with Crippen molar-refractivity contribution in [2.24, 2.45) is 0 Å². The van der Waals surface area contributed by atoms with Crippen LogP contribution in [-0.4, -0.2) is 122 Å². The number of thioether (sulfide) groups is 2. The summed E-state index contributed by atoms with van der Waals surface area (Å²) in [6, 6.07) is 69.4. The molecule has 0 saturated carbocycles. The minimum absolute atomic E-state index is 0.0882. The van der Waals surface area contributed by atoms with Gasteiger partial charge in [0.15, 0.2) is 12.2 Å². The number of halogens is 19. The van der Waals surface area contributed by atoms with E-state index in [9.17, 15) is 112 Å². The highest BCUT2D eigenvalue weighted by atomic mass is 32.2. The number of amides is 1. The van der Waals surface area contributed by atoms with E-state index >= 15 is 0 Å². The van der Waals surface area contributed by atoms with Gasteiger partial charge in [-0.15, -0.1) is 23.5 Å². The van der Waals surface area contributed by atoms with E-state index in [1.165, 1.54) is 46.5 Å². The number of hydrogen-bond donors (Lipinski definition) is 3. The van der Waals surface area contributed by atoms with E-state index in [4.69, 9.17) is 24.7 Å². The maximum absolute atomic E-state index is 11.7. The van der Waals surface area contributed by atoms with E-state index in [0.717, 1.165) is 49.5 Å². The topological polar surface area (TPSA) is 199 Å². The molecule has 670 valence electrons. The lowest BCUT2D eigenvalue weighted by Gasteiger charge is -2.14. The number of ketones is 2. The number of nitrogen functional groups attached to an aromatic ring is 1. The van der Waals surface area contributed by atoms with Crippen LogP contribution in [0, 0.1) is 0 Å². The molecule has 0 saturated heterocycles. The van der Waals surface area contributed by atoms with E-state index in [1.54, 1.807) is 75.0 Å². The van der Waals surface area contributed by atoms with Gasteiger partial charge in [0.1, 0.15) is 23.1 Å². The van der Waals surface area contributed by atoms with Crippen molar-refractivity contribution in [3.8, 4) is 11.5 Å². The van der Waals surface area contributed by atoms with Crippen LogP contribution < -0.4 is 20.5 Å². The first kappa shape index (κ1) is 122. The summed E-state index contributed by atoms with van der Waals surface area (Å²) in [6.07, 6.45) is -25.6. The van der Waals surface area contributed by atoms with Crippen LogP contribution in [0.3, 0.4) is 0 Å². The molecule has 0 aliphatic heterocycles. The molecular formula is C84H107F19N2O12S2. The number of carbonyl (C=O) groups is 5. The molecule has 1 amide bonds. The average Bonchev–Trinajstić information content (AvgIpc) is 0.861. The van der Waals surface area contributed by atoms with Crippen LogP contribution in [0.2, 0.25) is 0 Å². The van der Waals surface area contributed by atoms with Crippen molar-refractivity contribution >= 4 is 64.5 Å². The molecule has 0 aromatic heterocycles. The summed E-state index contributed by atoms with van der Waals surface area (Å²) in [7, 11) is 9.21. The third-order valence-electron chi connectivity index (χ3n) is 11.1. The van der Waals surface area contributed by atoms with E-state index in [-0.39, 0.29) is 53.1 Å². The number of hydrogen-bond acceptors (Lipinski definition) is 15. The number of ether oxygens (including phenoxy) is 6. The normalized spacial score (nSPS) is 10.5. The largest absolute Gasteiger partial charge is 0.497 e. The van der Waals surface area contributed by atoms with Crippen molar-refractivity contribution in [1.29, 1.82) is 0 Å². The Bertz CT molecular complexity index is 3610. The van der Waals surface area contributed by atoms with Crippen LogP contribution in [0.5, 0.6) is 11.5 Å². The van der Waals surface area contributed by atoms with Gasteiger partial charge in [-0.25, -0.2) is 14.4 Å². The Balaban J connectivity index is -0.000000241. The number of aliphatic hydroxyl groups excluding tert-OH is 1. The number of aliphatic hydroxyl groups is 1. The predicted octanol–water partition coefficient (Wildman–Crippen LogP) is 25.9. The van der Waals surface area contributed by atoms with Gasteiger partial charge in [-0.3, -0.25) is 19.3 Å². The second-order valence-electron chi connectivity index (χ2n) is 22.3. The van der Waals surface area contributed by atoms with Gasteiger partial charge in [-0.2, -0.15) is 79.0 Å². The Hall–Kier alpha value is -10.0. The Labute approximate surface area is 693 Å². The monoisotopic (exact) mass is 1760 g/mol. The number of Topliss-reactive ketones (excluding diaryl/α,β-unsaturated/α-hetero) is 2. The molecule has 0 bridgehead atoms. The van der Waals surface area contributed by atoms with Crippen LogP contribution >= 0.6 is 23.5 Å². The SMILES string of the molecule is CC.CC.CC(=O)Cc1cccc(N)c1.CC(F)(F)F.CC(F)(F)F.CC(F)(F)F.CC(F)(F)F.CC(F)(F)F.CC(F)(F)F.CF.COC(=O)C(O)c1cccc(SCc2ccc(OC)cc2)c1.COC(=O)C(OC)c1cccc(SCc2ccc(OC)cc2)c1.COC(=O)Nc1cccc(CC(C)=O)c1.c1ccccc1.c1ccccc1. The molecule has 0 fully saturated rings. The second-order valence-corrected chi connectivity index (χ2v) is 24.4. The number of alkyl halides is 19. The molecule has 8 rings (SSSR count). The maximum Gasteiger partial charge on any atom is 0.411 e. The van der Waals surface area contributed by atoms with Gasteiger partial charge in [-0.05, 0) is 120 Å². The maximum atomic E-state index is 11.7. The quantitative estimate of drug-likeness (QED) is 0.0241. The second kappa shape index (κ2) is 71.0. The summed E-state index contributed by atoms with van der Waals surface area (Å²) in [5.74, 6) is 2.51. The molecule has 8 aromatic rings. The van der Waals surface area contributed by atoms with Crippen LogP contribution in [-0.2, 0) is 62.5 Å². The number of benzene rings is 8. The molecule has 4 N–H and O–H groups in total. The number of nitrogens with two attached hydrogens (primary N) is 1. The Morgan fingerprint density at radius 1 is 0.378 bits per heavy atom. The third kappa shape index (κ3) is 96.7. The van der Waals surface area contributed by atoms with Gasteiger partial charge in [-0.1, -0.05) is 173 Å². The molecule has 0 heterocycles. The first-order chi connectivity index (χ1) is 55.1. The van der Waals surface area contributed by atoms with Crippen molar-refractivity contribution in [2.75, 3.05) is 60.9 Å². The zero-order valence-electron chi connectivity index (χ0n) is 69.3. The number of carbonyl (C=O) groups excluding carboxylic acids is 5. The van der Waals surface area contributed by atoms with Gasteiger partial charge in [0.25, 0.3) is 0 Å². The smallest absolute Gasteiger partial charge is 0.411 e. The zero-order valence-corrected chi connectivity index (χ0v) is 70.9. The molecule has 2 unspecified atom stereocenters. The van der Waals surface area contributed by atoms with Gasteiger partial charge < -0.3 is 39.3 Å². The summed E-state index contributed by atoms with van der Waals surface area (Å²) in [6.45, 7) is 12.2. The number of rotatable bonds is 18. The minimum Gasteiger partial charge on any atom is -0.497 e. The van der Waals surface area contributed by atoms with Crippen molar-refractivity contribution in [2.45, 2.75) is 166 Å². The number of anilines is 2. The molecule has 119 heavy (non-hydrogen) atoms. The lowest BCUT2D eigenvalue weighted by atomic mass is 10.1. The molecule has 14 nitrogen and oxygen atoms in total. The van der Waals surface area contributed by atoms with E-state index in [0.29, 0.717) is 37.0 Å². The number of nitrogens with one attached hydrogen (secondary N) is 1. The summed E-state index contributed by atoms with van der Waals surface area (Å²) in [4.78, 5) is 57.6. The molecule has 35 heteroatoms. The lowest BCUT2D eigenvalue weighted by molar-refractivity contribution is -0.153. The van der Waals surface area contributed by atoms with Crippen LogP contribution in [0.4, 0.5) is 99.6 Å². The highest BCUT2D eigenvalue weighted by Gasteiger charge is 2.23. The Kier molecular flexibility index (Phi) is 72.9. The van der Waals surface area contributed by atoms with Crippen molar-refractivity contribution < 1.29 is 141 Å². The zero-order chi connectivity index (χ0) is 93.6. The number of methoxy groups -OCH3 is 6. The summed E-state index contributed by atoms with van der Waals surface area (Å²) in [5.41, 5.74) is 12.4. The molecule has 0 spiro atoms. The van der Waals surface area contributed by atoms with Crippen molar-refractivity contribution in [3.63, 3.8) is 0 Å². The van der Waals surface area contributed by atoms with Crippen LogP contribution in [0.1, 0.15) is 129 Å². The van der Waals surface area contributed by atoms with Gasteiger partial charge in [0, 0.05) is 94.2 Å². The molecule has 0 aliphatic carbocycles. The highest BCUT2D eigenvalue weighted by Crippen LogP contribution is 2.30. The van der Waals surface area contributed by atoms with Gasteiger partial charge >= 0.3 is 55.1 Å². The molecule has 0 aliphatic rings. The van der Waals surface area contributed by atoms with Crippen molar-refractivity contribution in [1.82, 2.24) is 0 Å². The summed E-state index contributed by atoms with van der Waals surface area (Å²) in [5, 5.41) is 12.4. The van der Waals surface area contributed by atoms with E-state index in [2.05, 4.69) is 14.8 Å². The average molecular weight is 1760 g/mol. The minimum atomic E-state index is -4.00. The number of esters is 2. The Morgan fingerprint density at radius 3 is 0.941 bits per heavy atom. The fourth-order valence-electron chi connectivity index (χ4n) is 7.02. The standard InChI is InChI=1S/C18H20O4S.C17H18O4S.C11H13NO3.C9H11NO.2C6H6.6C2H3F3.2C2H6.CH3F/c1-20-15-9-7-13(8-10-15)12-23-16-6-4-5-14(11-16)17(21-2)18(19)22-3;1-20-14-8-6-12(7-9-14)11-22-15-5-3-4-13(10-15)16(18)17(19)21-2;1-8(13)6-9-4-3-5-10(7-9)12-11(14)15-2;1-7(11)5-8-3-2-4-9(10)6-8;2*1-2-4-6-5-3-1;6*1-2(3,4)5;3*1-2/h4-11,17H,12H2,1-3H3;3-10,16,18H,11H2,1-2H3;3-5,7H,6H2,1-2H3,(H,12,14);2-4,6H,5,10H2,1H3;2*1-6H;6*1H3;2*1-2H3;1H3.